The first-order valence-corrected chi connectivity index (χ1v) is 9.36. The third kappa shape index (κ3) is 5.45. The summed E-state index contributed by atoms with van der Waals surface area (Å²) in [5, 5.41) is 7.61. The molecule has 0 saturated heterocycles. The lowest BCUT2D eigenvalue weighted by Gasteiger charge is -2.04. The molecule has 27 heavy (non-hydrogen) atoms. The minimum Gasteiger partial charge on any atom is -0.455 e. The molecule has 0 unspecified atom stereocenters. The van der Waals surface area contributed by atoms with Crippen LogP contribution in [0.25, 0.3) is 11.3 Å². The number of hydrogen-bond acceptors (Lipinski definition) is 4. The summed E-state index contributed by atoms with van der Waals surface area (Å²) in [4.78, 5) is 11.8. The molecule has 1 heterocycles. The van der Waals surface area contributed by atoms with Gasteiger partial charge >= 0.3 is 0 Å². The molecule has 0 aliphatic rings. The molecule has 1 aromatic heterocycles. The Balaban J connectivity index is 1.52. The molecule has 5 nitrogen and oxygen atoms in total. The molecule has 2 aromatic carbocycles. The summed E-state index contributed by atoms with van der Waals surface area (Å²) in [6.07, 6.45) is 1.46. The van der Waals surface area contributed by atoms with Crippen molar-refractivity contribution < 1.29 is 9.21 Å². The van der Waals surface area contributed by atoms with Crippen molar-refractivity contribution in [3.8, 4) is 11.3 Å². The Morgan fingerprint density at radius 2 is 1.96 bits per heavy atom. The van der Waals surface area contributed by atoms with Gasteiger partial charge in [0, 0.05) is 20.7 Å². The Morgan fingerprint density at radius 3 is 2.70 bits per heavy atom. The van der Waals surface area contributed by atoms with E-state index in [4.69, 9.17) is 16.0 Å². The zero-order chi connectivity index (χ0) is 19.2. The summed E-state index contributed by atoms with van der Waals surface area (Å²) < 4.78 is 6.69. The molecule has 0 atom stereocenters. The van der Waals surface area contributed by atoms with E-state index in [1.54, 1.807) is 6.07 Å². The average Bonchev–Trinajstić information content (AvgIpc) is 3.12. The molecular formula is C20H17BrClN3O2. The number of amides is 1. The quantitative estimate of drug-likeness (QED) is 0.402. The van der Waals surface area contributed by atoms with Gasteiger partial charge in [0.25, 0.3) is 5.91 Å². The number of hydrazone groups is 1. The number of carbonyl (C=O) groups excluding carboxylic acids is 1. The van der Waals surface area contributed by atoms with Gasteiger partial charge in [0.2, 0.25) is 0 Å². The van der Waals surface area contributed by atoms with Crippen molar-refractivity contribution >= 4 is 45.3 Å². The predicted octanol–water partition coefficient (Wildman–Crippen LogP) is 5.23. The second-order valence-corrected chi connectivity index (χ2v) is 7.14. The van der Waals surface area contributed by atoms with E-state index in [2.05, 4.69) is 31.8 Å². The van der Waals surface area contributed by atoms with Crippen molar-refractivity contribution in [1.29, 1.82) is 0 Å². The van der Waals surface area contributed by atoms with E-state index in [1.165, 1.54) is 6.21 Å². The van der Waals surface area contributed by atoms with Crippen LogP contribution in [0.2, 0.25) is 5.02 Å². The first-order chi connectivity index (χ1) is 13.0. The molecule has 3 rings (SSSR count). The first kappa shape index (κ1) is 19.2. The number of benzene rings is 2. The van der Waals surface area contributed by atoms with E-state index in [1.807, 2.05) is 55.5 Å². The fourth-order valence-corrected chi connectivity index (χ4v) is 2.73. The number of carbonyl (C=O) groups is 1. The summed E-state index contributed by atoms with van der Waals surface area (Å²) in [5.74, 6) is 0.954. The van der Waals surface area contributed by atoms with Crippen LogP contribution in [0.3, 0.4) is 0 Å². The molecule has 0 aliphatic heterocycles. The SMILES string of the molecule is Cc1ccc(-c2ccc(/C=N\NC(=O)CNc3ccc(Br)cc3)o2)cc1Cl. The van der Waals surface area contributed by atoms with E-state index in [0.717, 1.165) is 21.3 Å². The third-order valence-electron chi connectivity index (χ3n) is 3.76. The zero-order valence-electron chi connectivity index (χ0n) is 14.5. The van der Waals surface area contributed by atoms with Gasteiger partial charge in [-0.05, 0) is 55.0 Å². The Morgan fingerprint density at radius 1 is 1.19 bits per heavy atom. The Bertz CT molecular complexity index is 968. The maximum absolute atomic E-state index is 11.8. The normalized spacial score (nSPS) is 10.9. The summed E-state index contributed by atoms with van der Waals surface area (Å²) in [7, 11) is 0. The maximum Gasteiger partial charge on any atom is 0.259 e. The van der Waals surface area contributed by atoms with Gasteiger partial charge in [-0.2, -0.15) is 5.10 Å². The van der Waals surface area contributed by atoms with Gasteiger partial charge in [-0.15, -0.1) is 0 Å². The van der Waals surface area contributed by atoms with Gasteiger partial charge in [0.15, 0.2) is 0 Å². The highest BCUT2D eigenvalue weighted by molar-refractivity contribution is 9.10. The average molecular weight is 447 g/mol. The van der Waals surface area contributed by atoms with Gasteiger partial charge in [-0.1, -0.05) is 39.7 Å². The van der Waals surface area contributed by atoms with E-state index in [9.17, 15) is 4.79 Å². The molecule has 0 aliphatic carbocycles. The minimum absolute atomic E-state index is 0.115. The summed E-state index contributed by atoms with van der Waals surface area (Å²) in [6.45, 7) is 2.06. The second-order valence-electron chi connectivity index (χ2n) is 5.82. The van der Waals surface area contributed by atoms with Gasteiger partial charge in [0.05, 0.1) is 12.8 Å². The number of aryl methyl sites for hydroxylation is 1. The predicted molar refractivity (Wildman–Crippen MR) is 112 cm³/mol. The second kappa shape index (κ2) is 8.88. The van der Waals surface area contributed by atoms with Crippen LogP contribution in [0.15, 0.2) is 68.6 Å². The van der Waals surface area contributed by atoms with E-state index in [-0.39, 0.29) is 12.5 Å². The van der Waals surface area contributed by atoms with Crippen molar-refractivity contribution in [2.45, 2.75) is 6.92 Å². The first-order valence-electron chi connectivity index (χ1n) is 8.19. The summed E-state index contributed by atoms with van der Waals surface area (Å²) in [6, 6.07) is 16.9. The van der Waals surface area contributed by atoms with Gasteiger partial charge < -0.3 is 9.73 Å². The number of halogens is 2. The van der Waals surface area contributed by atoms with Crippen LogP contribution < -0.4 is 10.7 Å². The highest BCUT2D eigenvalue weighted by atomic mass is 79.9. The smallest absolute Gasteiger partial charge is 0.259 e. The fraction of sp³-hybridized carbons (Fsp3) is 0.100. The van der Waals surface area contributed by atoms with Crippen molar-refractivity contribution in [3.05, 3.63) is 75.4 Å². The number of anilines is 1. The van der Waals surface area contributed by atoms with Crippen LogP contribution in [0.5, 0.6) is 0 Å². The Hall–Kier alpha value is -2.57. The number of nitrogens with one attached hydrogen (secondary N) is 2. The number of nitrogens with zero attached hydrogens (tertiary/aromatic N) is 1. The van der Waals surface area contributed by atoms with Crippen molar-refractivity contribution in [2.24, 2.45) is 5.10 Å². The molecule has 2 N–H and O–H groups in total. The zero-order valence-corrected chi connectivity index (χ0v) is 16.8. The molecule has 0 radical (unpaired) electrons. The number of hydrogen-bond donors (Lipinski definition) is 2. The van der Waals surface area contributed by atoms with E-state index < -0.39 is 0 Å². The largest absolute Gasteiger partial charge is 0.455 e. The molecule has 0 fully saturated rings. The topological polar surface area (TPSA) is 66.6 Å². The van der Waals surface area contributed by atoms with E-state index >= 15 is 0 Å². The van der Waals surface area contributed by atoms with Crippen LogP contribution in [-0.2, 0) is 4.79 Å². The Labute approximate surface area is 170 Å². The monoisotopic (exact) mass is 445 g/mol. The van der Waals surface area contributed by atoms with Gasteiger partial charge in [0.1, 0.15) is 11.5 Å². The van der Waals surface area contributed by atoms with Crippen LogP contribution >= 0.6 is 27.5 Å². The lowest BCUT2D eigenvalue weighted by Crippen LogP contribution is -2.25. The van der Waals surface area contributed by atoms with Crippen LogP contribution in [0, 0.1) is 6.92 Å². The molecule has 0 bridgehead atoms. The van der Waals surface area contributed by atoms with E-state index in [0.29, 0.717) is 16.5 Å². The van der Waals surface area contributed by atoms with Crippen LogP contribution in [0.1, 0.15) is 11.3 Å². The van der Waals surface area contributed by atoms with Crippen molar-refractivity contribution in [3.63, 3.8) is 0 Å². The van der Waals surface area contributed by atoms with Gasteiger partial charge in [-0.3, -0.25) is 4.79 Å². The lowest BCUT2D eigenvalue weighted by atomic mass is 10.1. The maximum atomic E-state index is 11.8. The third-order valence-corrected chi connectivity index (χ3v) is 4.70. The number of furan rings is 1. The molecule has 0 saturated carbocycles. The summed E-state index contributed by atoms with van der Waals surface area (Å²) >= 11 is 9.51. The molecular weight excluding hydrogens is 430 g/mol. The van der Waals surface area contributed by atoms with Crippen LogP contribution in [-0.4, -0.2) is 18.7 Å². The molecule has 7 heteroatoms. The van der Waals surface area contributed by atoms with Crippen LogP contribution in [0.4, 0.5) is 5.69 Å². The minimum atomic E-state index is -0.258. The lowest BCUT2D eigenvalue weighted by molar-refractivity contribution is -0.119. The molecule has 3 aromatic rings. The summed E-state index contributed by atoms with van der Waals surface area (Å²) in [5.41, 5.74) is 5.20. The fourth-order valence-electron chi connectivity index (χ4n) is 2.28. The Kier molecular flexibility index (Phi) is 6.32. The highest BCUT2D eigenvalue weighted by Gasteiger charge is 2.06. The molecule has 1 amide bonds. The number of rotatable bonds is 6. The standard InChI is InChI=1S/C20H17BrClN3O2/c1-13-2-3-14(10-18(13)22)19-9-8-17(27-19)11-24-25-20(26)12-23-16-6-4-15(21)5-7-16/h2-11,23H,12H2,1H3,(H,25,26)/b24-11-. The molecule has 138 valence electrons. The van der Waals surface area contributed by atoms with Gasteiger partial charge in [-0.25, -0.2) is 5.43 Å². The van der Waals surface area contributed by atoms with Crippen molar-refractivity contribution in [2.75, 3.05) is 11.9 Å². The molecule has 0 spiro atoms. The van der Waals surface area contributed by atoms with Crippen molar-refractivity contribution in [1.82, 2.24) is 5.43 Å². The highest BCUT2D eigenvalue weighted by Crippen LogP contribution is 2.26.